The normalized spacial score (nSPS) is 12.3. The number of oxime groups is 1. The first kappa shape index (κ1) is 26.5. The van der Waals surface area contributed by atoms with Gasteiger partial charge in [-0.25, -0.2) is 0 Å². The summed E-state index contributed by atoms with van der Waals surface area (Å²) in [6.45, 7) is 14.0. The topological polar surface area (TPSA) is 40.0 Å². The molecule has 0 bridgehead atoms. The van der Waals surface area contributed by atoms with E-state index >= 15 is 0 Å². The molecule has 0 atom stereocenters. The number of allylic oxidation sites excluding steroid dienone is 1. The molecule has 4 nitrogen and oxygen atoms in total. The maximum atomic E-state index is 6.12. The predicted molar refractivity (Wildman–Crippen MR) is 139 cm³/mol. The maximum absolute atomic E-state index is 6.12. The minimum Gasteiger partial charge on any atom is -0.493 e. The van der Waals surface area contributed by atoms with E-state index in [1.165, 1.54) is 5.56 Å². The molecule has 0 aliphatic heterocycles. The third kappa shape index (κ3) is 8.60. The molecule has 2 aromatic rings. The Hall–Kier alpha value is -2.75. The Bertz CT molecular complexity index is 915. The van der Waals surface area contributed by atoms with Crippen molar-refractivity contribution in [3.63, 3.8) is 0 Å². The minimum absolute atomic E-state index is 0.0703. The molecule has 2 rings (SSSR count). The van der Waals surface area contributed by atoms with Gasteiger partial charge in [-0.15, -0.1) is 0 Å². The van der Waals surface area contributed by atoms with E-state index in [2.05, 4.69) is 76.2 Å². The van der Waals surface area contributed by atoms with Crippen molar-refractivity contribution in [1.29, 1.82) is 0 Å². The summed E-state index contributed by atoms with van der Waals surface area (Å²) in [4.78, 5) is 5.10. The van der Waals surface area contributed by atoms with Gasteiger partial charge in [0.05, 0.1) is 12.3 Å². The average molecular weight is 452 g/mol. The first-order valence-corrected chi connectivity index (χ1v) is 11.9. The van der Waals surface area contributed by atoms with E-state index in [9.17, 15) is 0 Å². The monoisotopic (exact) mass is 451 g/mol. The first-order valence-electron chi connectivity index (χ1n) is 11.9. The van der Waals surface area contributed by atoms with Crippen LogP contribution < -0.4 is 9.47 Å². The quantitative estimate of drug-likeness (QED) is 0.146. The summed E-state index contributed by atoms with van der Waals surface area (Å²) in [7, 11) is 1.61. The minimum atomic E-state index is -0.0703. The Morgan fingerprint density at radius 1 is 0.970 bits per heavy atom. The van der Waals surface area contributed by atoms with Crippen molar-refractivity contribution in [2.75, 3.05) is 20.3 Å². The van der Waals surface area contributed by atoms with E-state index in [4.69, 9.17) is 14.3 Å². The Morgan fingerprint density at radius 2 is 1.70 bits per heavy atom. The Labute approximate surface area is 200 Å². The maximum Gasteiger partial charge on any atom is 0.125 e. The summed E-state index contributed by atoms with van der Waals surface area (Å²) in [5, 5.41) is 4.28. The summed E-state index contributed by atoms with van der Waals surface area (Å²) >= 11 is 0. The van der Waals surface area contributed by atoms with Crippen LogP contribution in [0.1, 0.15) is 69.2 Å². The van der Waals surface area contributed by atoms with Crippen molar-refractivity contribution in [2.45, 2.75) is 67.2 Å². The molecule has 180 valence electrons. The predicted octanol–water partition coefficient (Wildman–Crippen LogP) is 7.45. The van der Waals surface area contributed by atoms with Crippen molar-refractivity contribution in [2.24, 2.45) is 10.6 Å². The van der Waals surface area contributed by atoms with Gasteiger partial charge in [0.1, 0.15) is 25.2 Å². The number of aryl methyl sites for hydroxylation is 3. The second kappa shape index (κ2) is 13.1. The van der Waals surface area contributed by atoms with Gasteiger partial charge in [-0.3, -0.25) is 0 Å². The van der Waals surface area contributed by atoms with Gasteiger partial charge in [-0.2, -0.15) is 0 Å². The SMILES string of the molecule is C/C=C/COc1cc(C)c(OCCCCCc2cccc(/C(=N/OC)C(C)(C)C)c2)c(C)c1. The molecule has 0 fully saturated rings. The highest BCUT2D eigenvalue weighted by Gasteiger charge is 2.21. The largest absolute Gasteiger partial charge is 0.493 e. The van der Waals surface area contributed by atoms with E-state index in [0.29, 0.717) is 6.61 Å². The van der Waals surface area contributed by atoms with Crippen LogP contribution in [-0.4, -0.2) is 26.0 Å². The van der Waals surface area contributed by atoms with Gasteiger partial charge in [-0.05, 0) is 81.3 Å². The number of unbranched alkanes of at least 4 members (excludes halogenated alkanes) is 2. The lowest BCUT2D eigenvalue weighted by Gasteiger charge is -2.21. The fourth-order valence-electron chi connectivity index (χ4n) is 3.83. The molecule has 0 saturated carbocycles. The fourth-order valence-corrected chi connectivity index (χ4v) is 3.83. The number of hydrogen-bond donors (Lipinski definition) is 0. The summed E-state index contributed by atoms with van der Waals surface area (Å²) in [5.74, 6) is 1.87. The molecule has 4 heteroatoms. The highest BCUT2D eigenvalue weighted by molar-refractivity contribution is 6.03. The van der Waals surface area contributed by atoms with E-state index in [0.717, 1.165) is 66.2 Å². The molecule has 2 aromatic carbocycles. The second-order valence-corrected chi connectivity index (χ2v) is 9.50. The van der Waals surface area contributed by atoms with Gasteiger partial charge < -0.3 is 14.3 Å². The van der Waals surface area contributed by atoms with Gasteiger partial charge >= 0.3 is 0 Å². The van der Waals surface area contributed by atoms with Crippen LogP contribution in [0.2, 0.25) is 0 Å². The van der Waals surface area contributed by atoms with Crippen molar-refractivity contribution in [3.05, 3.63) is 70.8 Å². The Balaban J connectivity index is 1.82. The van der Waals surface area contributed by atoms with E-state index in [1.54, 1.807) is 7.11 Å². The Morgan fingerprint density at radius 3 is 2.33 bits per heavy atom. The molecule has 0 saturated heterocycles. The summed E-state index contributed by atoms with van der Waals surface area (Å²) in [6, 6.07) is 12.8. The number of nitrogens with zero attached hydrogens (tertiary/aromatic N) is 1. The van der Waals surface area contributed by atoms with E-state index in [1.807, 2.05) is 19.1 Å². The standard InChI is InChI=1S/C29H41NO3/c1-8-9-17-32-26-19-22(2)27(23(3)20-26)33-18-12-10-11-14-24-15-13-16-25(21-24)28(30-31-7)29(4,5)6/h8-9,13,15-16,19-21H,10-12,14,17-18H2,1-7H3/b9-8+,30-28-. The Kier molecular flexibility index (Phi) is 10.5. The van der Waals surface area contributed by atoms with Crippen LogP contribution in [0.15, 0.2) is 53.7 Å². The smallest absolute Gasteiger partial charge is 0.125 e. The first-order chi connectivity index (χ1) is 15.8. The molecule has 0 amide bonds. The molecular formula is C29H41NO3. The summed E-state index contributed by atoms with van der Waals surface area (Å²) < 4.78 is 11.9. The van der Waals surface area contributed by atoms with Crippen molar-refractivity contribution in [1.82, 2.24) is 0 Å². The molecular weight excluding hydrogens is 410 g/mol. The average Bonchev–Trinajstić information content (AvgIpc) is 2.75. The lowest BCUT2D eigenvalue weighted by Crippen LogP contribution is -2.22. The van der Waals surface area contributed by atoms with Crippen molar-refractivity contribution < 1.29 is 14.3 Å². The third-order valence-corrected chi connectivity index (χ3v) is 5.47. The van der Waals surface area contributed by atoms with Gasteiger partial charge in [-0.1, -0.05) is 56.3 Å². The van der Waals surface area contributed by atoms with Gasteiger partial charge in [0.2, 0.25) is 0 Å². The van der Waals surface area contributed by atoms with Crippen LogP contribution in [0.4, 0.5) is 0 Å². The number of ether oxygens (including phenoxy) is 2. The summed E-state index contributed by atoms with van der Waals surface area (Å²) in [6.07, 6.45) is 8.35. The molecule has 33 heavy (non-hydrogen) atoms. The van der Waals surface area contributed by atoms with Gasteiger partial charge in [0.15, 0.2) is 0 Å². The van der Waals surface area contributed by atoms with Crippen LogP contribution in [0.25, 0.3) is 0 Å². The van der Waals surface area contributed by atoms with Gasteiger partial charge in [0, 0.05) is 11.0 Å². The van der Waals surface area contributed by atoms with Crippen LogP contribution >= 0.6 is 0 Å². The lowest BCUT2D eigenvalue weighted by atomic mass is 9.85. The third-order valence-electron chi connectivity index (χ3n) is 5.47. The summed E-state index contributed by atoms with van der Waals surface area (Å²) in [5.41, 5.74) is 5.61. The van der Waals surface area contributed by atoms with Crippen molar-refractivity contribution >= 4 is 5.71 Å². The second-order valence-electron chi connectivity index (χ2n) is 9.50. The zero-order chi connectivity index (χ0) is 24.3. The highest BCUT2D eigenvalue weighted by atomic mass is 16.6. The number of benzene rings is 2. The molecule has 0 aliphatic rings. The molecule has 0 N–H and O–H groups in total. The molecule has 0 aromatic heterocycles. The molecule has 0 heterocycles. The number of hydrogen-bond acceptors (Lipinski definition) is 4. The highest BCUT2D eigenvalue weighted by Crippen LogP contribution is 2.29. The van der Waals surface area contributed by atoms with E-state index < -0.39 is 0 Å². The molecule has 0 radical (unpaired) electrons. The molecule has 0 unspecified atom stereocenters. The lowest BCUT2D eigenvalue weighted by molar-refractivity contribution is 0.209. The van der Waals surface area contributed by atoms with Crippen LogP contribution in [0.5, 0.6) is 11.5 Å². The van der Waals surface area contributed by atoms with Crippen molar-refractivity contribution in [3.8, 4) is 11.5 Å². The van der Waals surface area contributed by atoms with E-state index in [-0.39, 0.29) is 5.41 Å². The van der Waals surface area contributed by atoms with Crippen LogP contribution in [-0.2, 0) is 11.3 Å². The fraction of sp³-hybridized carbons (Fsp3) is 0.483. The van der Waals surface area contributed by atoms with Gasteiger partial charge in [0.25, 0.3) is 0 Å². The zero-order valence-electron chi connectivity index (χ0n) is 21.5. The molecule has 0 spiro atoms. The molecule has 0 aliphatic carbocycles. The van der Waals surface area contributed by atoms with Crippen LogP contribution in [0, 0.1) is 19.3 Å². The number of rotatable bonds is 12. The van der Waals surface area contributed by atoms with Crippen LogP contribution in [0.3, 0.4) is 0 Å². The zero-order valence-corrected chi connectivity index (χ0v) is 21.5.